The first-order valence-electron chi connectivity index (χ1n) is 46.4. The molecule has 12 heterocycles. The predicted octanol–water partition coefficient (Wildman–Crippen LogP) is -23.7. The van der Waals surface area contributed by atoms with Crippen LogP contribution in [0.2, 0.25) is 0 Å². The lowest BCUT2D eigenvalue weighted by Crippen LogP contribution is -2.71. The maximum absolute atomic E-state index is 13.8. The summed E-state index contributed by atoms with van der Waals surface area (Å²) in [6.07, 6.45) is -123. The van der Waals surface area contributed by atoms with E-state index < -0.39 is 462 Å². The molecule has 0 saturated carbocycles. The number of hydrogen-bond donors (Lipinski definition) is 35. The second kappa shape index (κ2) is 51.5. The standard InChI is InChI=1S/C80H134N4O61S/c1-17-37(95)47(105)54(112)73(125-17)122-15-31-61(45(103)33(69(118)128-31)81-20(4)91)137-70-34(82-21(5)92)46(104)60(28(12-89)133-70)138-78-59(117)66(143-80-68(53(111)43(101)27(11-88)132-80)145-72-36(84-23(7)94)65(142-75-56(114)49(107)39(97)19(3)127-75)63(32(136-72)16-124-146(119,120)121)140-77-58(116)51(109)41(99)25(9-86)130-77)44(102)30(135-78)14-123-79-67(52(110)42(100)26(10-87)131-79)144-71-35(83-22(6)93)64(141-74-55(113)48(106)38(96)18(2)126-74)62(29(13-90)134-71)139-76-57(115)50(108)40(98)24(8-85)129-76/h17-19,24-80,85-90,95-118H,8-16H2,1-7H3,(H,81,91)(H,82,92)(H,83,93)(H,84,94)(H,119,120,121)/t17-,18-,19-,24+,25+,26+,27+,28+,29+,30+,31+,32+,33+,34+,35+,36+,37+,38+,39+,40-,41-,42+,43+,44+,45+,46+,47+,48+,49+,50-,51-,52-,53-,54-,55-,56-,57+,58+,59-,60+,61+,62+,63+,64+,65+,66-,67-,68-,69+,70-,71-,72-,73+,74-,75-,76-,77-,78-,79-,80+/m0/s1. The van der Waals surface area contributed by atoms with E-state index in [1.165, 1.54) is 13.8 Å². The van der Waals surface area contributed by atoms with E-state index in [0.29, 0.717) is 0 Å². The first-order chi connectivity index (χ1) is 68.7. The zero-order valence-corrected chi connectivity index (χ0v) is 79.3. The summed E-state index contributed by atoms with van der Waals surface area (Å²) in [4.78, 5) is 53.5. The van der Waals surface area contributed by atoms with Crippen LogP contribution in [-0.2, 0) is 143 Å². The van der Waals surface area contributed by atoms with E-state index in [0.717, 1.165) is 34.6 Å². The number of rotatable bonds is 37. The van der Waals surface area contributed by atoms with Crippen LogP contribution in [0.1, 0.15) is 48.5 Å². The quantitative estimate of drug-likeness (QED) is 0.0257. The molecule has 0 aromatic carbocycles. The first-order valence-corrected chi connectivity index (χ1v) is 47.8. The summed E-state index contributed by atoms with van der Waals surface area (Å²) in [7, 11) is -5.70. The highest BCUT2D eigenvalue weighted by Crippen LogP contribution is 2.44. The lowest BCUT2D eigenvalue weighted by Gasteiger charge is -2.52. The molecular formula is C80H134N4O61S. The van der Waals surface area contributed by atoms with Gasteiger partial charge in [0.2, 0.25) is 23.6 Å². The van der Waals surface area contributed by atoms with Crippen molar-refractivity contribution in [1.82, 2.24) is 21.3 Å². The number of aliphatic hydroxyl groups excluding tert-OH is 30. The number of carbonyl (C=O) groups excluding carboxylic acids is 4. The molecule has 846 valence electrons. The van der Waals surface area contributed by atoms with Gasteiger partial charge in [-0.15, -0.1) is 0 Å². The Kier molecular flexibility index (Phi) is 42.5. The molecular weight excluding hydrogens is 2020 g/mol. The summed E-state index contributed by atoms with van der Waals surface area (Å²) in [6, 6.07) is -8.36. The Labute approximate surface area is 827 Å². The molecule has 12 fully saturated rings. The van der Waals surface area contributed by atoms with Crippen LogP contribution in [0.4, 0.5) is 0 Å². The number of ether oxygens (including phenoxy) is 23. The van der Waals surface area contributed by atoms with Crippen LogP contribution in [0.25, 0.3) is 0 Å². The topological polar surface area (TPSA) is 999 Å². The van der Waals surface area contributed by atoms with Crippen molar-refractivity contribution in [2.24, 2.45) is 0 Å². The third kappa shape index (κ3) is 26.9. The van der Waals surface area contributed by atoms with E-state index in [1.54, 1.807) is 0 Å². The first kappa shape index (κ1) is 120. The molecule has 12 aliphatic heterocycles. The zero-order valence-electron chi connectivity index (χ0n) is 78.5. The van der Waals surface area contributed by atoms with Crippen LogP contribution < -0.4 is 21.3 Å². The molecule has 0 radical (unpaired) electrons. The number of hydrogen-bond acceptors (Lipinski definition) is 60. The Morgan fingerprint density at radius 3 is 0.925 bits per heavy atom. The lowest BCUT2D eigenvalue weighted by atomic mass is 9.93. The second-order valence-electron chi connectivity index (χ2n) is 37.1. The summed E-state index contributed by atoms with van der Waals surface area (Å²) in [5.41, 5.74) is 0. The van der Waals surface area contributed by atoms with E-state index in [4.69, 9.17) is 113 Å². The van der Waals surface area contributed by atoms with Crippen molar-refractivity contribution in [3.05, 3.63) is 0 Å². The van der Waals surface area contributed by atoms with Gasteiger partial charge < -0.3 is 283 Å². The van der Waals surface area contributed by atoms with Crippen LogP contribution in [0.15, 0.2) is 0 Å². The van der Waals surface area contributed by atoms with Gasteiger partial charge >= 0.3 is 10.4 Å². The molecule has 66 heteroatoms. The highest BCUT2D eigenvalue weighted by atomic mass is 32.3. The average Bonchev–Trinajstić information content (AvgIpc) is 0.760. The van der Waals surface area contributed by atoms with Gasteiger partial charge in [-0.25, -0.2) is 4.18 Å². The minimum absolute atomic E-state index is 0.809. The molecule has 0 bridgehead atoms. The Morgan fingerprint density at radius 2 is 0.493 bits per heavy atom. The van der Waals surface area contributed by atoms with Crippen molar-refractivity contribution >= 4 is 34.0 Å². The van der Waals surface area contributed by atoms with Crippen LogP contribution in [-0.4, -0.2) is 617 Å². The molecule has 12 rings (SSSR count). The predicted molar refractivity (Wildman–Crippen MR) is 448 cm³/mol. The van der Waals surface area contributed by atoms with Crippen LogP contribution >= 0.6 is 0 Å². The van der Waals surface area contributed by atoms with Gasteiger partial charge in [0, 0.05) is 27.7 Å². The van der Waals surface area contributed by atoms with Gasteiger partial charge in [-0.2, -0.15) is 8.42 Å². The van der Waals surface area contributed by atoms with E-state index in [2.05, 4.69) is 21.3 Å². The SMILES string of the molecule is CC(=O)N[C@@H]1[C@@H](O)[C@H](O[C@@H]2O[C@H](CO)[C@@H](O[C@@H]3O[C@H](CO[C@H]4O[C@H](CO)[C@@H](O)[C@H](O)[C@@H]4O[C@@H]4O[C@H](CO)[C@@H](O[C@@H]5O[C@H](CO)[C@H](O)[C@H](O)[C@H]5O)[C@H](O[C@@H]5O[C@@H](C)[C@@H](O)[C@@H](O)[C@@H]5O)[C@H]4NC(C)=O)[C@@H](O)[C@H](O[C@H]4O[C@H](CO)[C@@H](O)[C@H](O)[C@@H]4O[C@@H]4O[C@H](COS(=O)(=O)O)[C@@H](O[C@@H]5O[C@H](CO)[C@H](O)[C@H](O)[C@H]5O)[C@H](O[C@@H]5O[C@@H](C)[C@@H](O)[C@@H](O)[C@@H]5O)[C@H]4NC(C)=O)[C@@H]3O)[C@H](O)[C@H]2NC(C)=O)[C@@H](CO[C@@H]2O[C@@H](C)[C@@H](O)[C@@H](O)[C@@H]2O)O[C@H]1O. The van der Waals surface area contributed by atoms with Crippen molar-refractivity contribution < 1.29 is 298 Å². The number of nitrogens with one attached hydrogen (secondary N) is 4. The van der Waals surface area contributed by atoms with Crippen molar-refractivity contribution in [3.63, 3.8) is 0 Å². The van der Waals surface area contributed by atoms with Crippen molar-refractivity contribution in [3.8, 4) is 0 Å². The molecule has 60 atom stereocenters. The van der Waals surface area contributed by atoms with Gasteiger partial charge in [-0.3, -0.25) is 23.7 Å². The fourth-order valence-electron chi connectivity index (χ4n) is 18.8. The number of carbonyl (C=O) groups is 4. The zero-order chi connectivity index (χ0) is 108. The van der Waals surface area contributed by atoms with Gasteiger partial charge in [0.25, 0.3) is 0 Å². The number of aliphatic hydroxyl groups is 30. The van der Waals surface area contributed by atoms with Crippen molar-refractivity contribution in [1.29, 1.82) is 0 Å². The molecule has 35 N–H and O–H groups in total. The van der Waals surface area contributed by atoms with Crippen LogP contribution in [0.3, 0.4) is 0 Å². The molecule has 4 amide bonds. The summed E-state index contributed by atoms with van der Waals surface area (Å²) in [5, 5.41) is 350. The summed E-state index contributed by atoms with van der Waals surface area (Å²) in [6.45, 7) is -4.16. The molecule has 0 aromatic rings. The third-order valence-electron chi connectivity index (χ3n) is 26.8. The molecule has 0 aromatic heterocycles. The third-order valence-corrected chi connectivity index (χ3v) is 27.2. The number of amides is 4. The maximum Gasteiger partial charge on any atom is 0.397 e. The van der Waals surface area contributed by atoms with Crippen LogP contribution in [0.5, 0.6) is 0 Å². The molecule has 0 aliphatic carbocycles. The summed E-state index contributed by atoms with van der Waals surface area (Å²) >= 11 is 0. The minimum atomic E-state index is -5.70. The molecule has 12 saturated heterocycles. The lowest BCUT2D eigenvalue weighted by molar-refractivity contribution is -0.404. The fourth-order valence-corrected chi connectivity index (χ4v) is 19.1. The molecule has 0 spiro atoms. The van der Waals surface area contributed by atoms with E-state index >= 15 is 0 Å². The van der Waals surface area contributed by atoms with E-state index in [-0.39, 0.29) is 0 Å². The second-order valence-corrected chi connectivity index (χ2v) is 38.2. The Hall–Kier alpha value is -4.37. The summed E-state index contributed by atoms with van der Waals surface area (Å²) < 4.78 is 180. The van der Waals surface area contributed by atoms with Crippen molar-refractivity contribution in [2.45, 2.75) is 417 Å². The largest absolute Gasteiger partial charge is 0.397 e. The van der Waals surface area contributed by atoms with Gasteiger partial charge in [-0.05, 0) is 20.8 Å². The van der Waals surface area contributed by atoms with Crippen molar-refractivity contribution in [2.75, 3.05) is 59.5 Å². The van der Waals surface area contributed by atoms with E-state index in [1.807, 2.05) is 0 Å². The Bertz CT molecular complexity index is 4220. The normalized spacial score (nSPS) is 50.0. The van der Waals surface area contributed by atoms with Gasteiger partial charge in [0.1, 0.15) is 274 Å². The summed E-state index contributed by atoms with van der Waals surface area (Å²) in [5.74, 6) is -4.18. The highest BCUT2D eigenvalue weighted by Gasteiger charge is 2.64. The fraction of sp³-hybridized carbons (Fsp3) is 0.950. The maximum atomic E-state index is 13.8. The van der Waals surface area contributed by atoms with E-state index in [9.17, 15) is 185 Å². The average molecular weight is 2160 g/mol. The molecule has 12 aliphatic rings. The molecule has 0 unspecified atom stereocenters. The Morgan fingerprint density at radius 1 is 0.226 bits per heavy atom. The minimum Gasteiger partial charge on any atom is -0.394 e. The molecule has 65 nitrogen and oxygen atoms in total. The van der Waals surface area contributed by atoms with Gasteiger partial charge in [0.05, 0.1) is 77.8 Å². The highest BCUT2D eigenvalue weighted by molar-refractivity contribution is 7.80. The van der Waals surface area contributed by atoms with Gasteiger partial charge in [0.15, 0.2) is 75.5 Å². The molecule has 146 heavy (non-hydrogen) atoms. The monoisotopic (exact) mass is 2160 g/mol. The Balaban J connectivity index is 0.933. The van der Waals surface area contributed by atoms with Crippen LogP contribution in [0, 0.1) is 0 Å². The van der Waals surface area contributed by atoms with Gasteiger partial charge in [-0.1, -0.05) is 0 Å². The smallest absolute Gasteiger partial charge is 0.394 e.